The van der Waals surface area contributed by atoms with Crippen molar-refractivity contribution in [3.8, 4) is 17.2 Å². The molecular weight excluding hydrogens is 412 g/mol. The van der Waals surface area contributed by atoms with Gasteiger partial charge in [0.15, 0.2) is 0 Å². The van der Waals surface area contributed by atoms with Crippen LogP contribution in [0, 0.1) is 17.2 Å². The molecule has 1 saturated heterocycles. The number of nitrogens with zero attached hydrogens (tertiary/aromatic N) is 2. The van der Waals surface area contributed by atoms with E-state index >= 15 is 0 Å². The van der Waals surface area contributed by atoms with Crippen LogP contribution in [0.1, 0.15) is 34.3 Å². The number of esters is 1. The maximum absolute atomic E-state index is 13.4. The van der Waals surface area contributed by atoms with E-state index in [2.05, 4.69) is 6.07 Å². The molecule has 1 aliphatic heterocycles. The van der Waals surface area contributed by atoms with Crippen LogP contribution in [0.25, 0.3) is 11.1 Å². The number of carbonyl (C=O) groups excluding carboxylic acids is 2. The first-order chi connectivity index (χ1) is 16.1. The first-order valence-electron chi connectivity index (χ1n) is 11.1. The summed E-state index contributed by atoms with van der Waals surface area (Å²) in [5, 5.41) is 9.03. The Bertz CT molecular complexity index is 1150. The number of amides is 1. The van der Waals surface area contributed by atoms with E-state index in [4.69, 9.17) is 10.00 Å². The summed E-state index contributed by atoms with van der Waals surface area (Å²) >= 11 is 0. The van der Waals surface area contributed by atoms with Crippen LogP contribution >= 0.6 is 0 Å². The molecule has 3 aromatic carbocycles. The molecule has 33 heavy (non-hydrogen) atoms. The van der Waals surface area contributed by atoms with Crippen molar-refractivity contribution < 1.29 is 14.3 Å². The molecule has 0 spiro atoms. The van der Waals surface area contributed by atoms with Crippen molar-refractivity contribution in [1.29, 1.82) is 5.26 Å². The zero-order chi connectivity index (χ0) is 23.2. The second kappa shape index (κ2) is 10.1. The van der Waals surface area contributed by atoms with Gasteiger partial charge in [0.25, 0.3) is 5.91 Å². The number of methoxy groups -OCH3 is 1. The van der Waals surface area contributed by atoms with Crippen LogP contribution in [-0.4, -0.2) is 36.5 Å². The number of ether oxygens (including phenoxy) is 1. The predicted molar refractivity (Wildman–Crippen MR) is 126 cm³/mol. The molecule has 2 unspecified atom stereocenters. The van der Waals surface area contributed by atoms with Crippen LogP contribution in [0.4, 0.5) is 0 Å². The fraction of sp³-hybridized carbons (Fsp3) is 0.250. The minimum atomic E-state index is -0.460. The number of nitriles is 1. The van der Waals surface area contributed by atoms with Gasteiger partial charge in [0.2, 0.25) is 0 Å². The Morgan fingerprint density at radius 1 is 1.00 bits per heavy atom. The summed E-state index contributed by atoms with van der Waals surface area (Å²) in [5.41, 5.74) is 4.28. The third-order valence-corrected chi connectivity index (χ3v) is 6.31. The Kier molecular flexibility index (Phi) is 6.85. The highest BCUT2D eigenvalue weighted by molar-refractivity contribution is 5.95. The number of carbonyl (C=O) groups is 2. The Morgan fingerprint density at radius 2 is 1.67 bits per heavy atom. The summed E-state index contributed by atoms with van der Waals surface area (Å²) in [6.07, 6.45) is 2.06. The largest absolute Gasteiger partial charge is 0.469 e. The van der Waals surface area contributed by atoms with Gasteiger partial charge >= 0.3 is 5.97 Å². The Morgan fingerprint density at radius 3 is 2.30 bits per heavy atom. The first-order valence-corrected chi connectivity index (χ1v) is 11.1. The van der Waals surface area contributed by atoms with Crippen LogP contribution in [-0.2, 0) is 16.0 Å². The summed E-state index contributed by atoms with van der Waals surface area (Å²) in [5.74, 6) is -0.840. The number of hydrogen-bond acceptors (Lipinski definition) is 4. The Balaban J connectivity index is 1.54. The maximum atomic E-state index is 13.4. The van der Waals surface area contributed by atoms with Gasteiger partial charge in [0.05, 0.1) is 24.7 Å². The molecule has 5 nitrogen and oxygen atoms in total. The van der Waals surface area contributed by atoms with E-state index in [0.717, 1.165) is 29.5 Å². The topological polar surface area (TPSA) is 70.4 Å². The molecule has 1 fully saturated rings. The molecule has 0 radical (unpaired) electrons. The van der Waals surface area contributed by atoms with Crippen molar-refractivity contribution in [2.75, 3.05) is 13.7 Å². The van der Waals surface area contributed by atoms with Gasteiger partial charge < -0.3 is 9.64 Å². The molecule has 1 aliphatic rings. The van der Waals surface area contributed by atoms with E-state index in [1.54, 1.807) is 12.1 Å². The van der Waals surface area contributed by atoms with Crippen molar-refractivity contribution in [2.45, 2.75) is 25.3 Å². The average molecular weight is 439 g/mol. The molecule has 4 rings (SSSR count). The third kappa shape index (κ3) is 4.96. The van der Waals surface area contributed by atoms with Crippen molar-refractivity contribution in [2.24, 2.45) is 5.92 Å². The highest BCUT2D eigenvalue weighted by Gasteiger charge is 2.39. The molecule has 1 amide bonds. The van der Waals surface area contributed by atoms with Crippen LogP contribution < -0.4 is 0 Å². The molecule has 3 aromatic rings. The van der Waals surface area contributed by atoms with Gasteiger partial charge in [-0.15, -0.1) is 0 Å². The lowest BCUT2D eigenvalue weighted by Gasteiger charge is -2.30. The standard InChI is InChI=1S/C28H26N2O3/c1-33-28(32)25(18-20-9-11-21(19-29)12-10-20)26-8-5-17-30(26)27(31)24-15-13-23(14-16-24)22-6-3-2-4-7-22/h2-4,6-7,9-16,25-26H,5,8,17-18H2,1H3. The van der Waals surface area contributed by atoms with Gasteiger partial charge in [-0.3, -0.25) is 9.59 Å². The molecule has 1 heterocycles. The molecule has 5 heteroatoms. The van der Waals surface area contributed by atoms with E-state index in [1.165, 1.54) is 7.11 Å². The van der Waals surface area contributed by atoms with E-state index in [-0.39, 0.29) is 17.9 Å². The number of benzene rings is 3. The molecule has 0 bridgehead atoms. The maximum Gasteiger partial charge on any atom is 0.311 e. The second-order valence-electron chi connectivity index (χ2n) is 8.29. The van der Waals surface area contributed by atoms with E-state index < -0.39 is 5.92 Å². The minimum Gasteiger partial charge on any atom is -0.469 e. The molecule has 2 atom stereocenters. The highest BCUT2D eigenvalue weighted by atomic mass is 16.5. The summed E-state index contributed by atoms with van der Waals surface area (Å²) in [6, 6.07) is 26.8. The normalized spacial score (nSPS) is 16.1. The summed E-state index contributed by atoms with van der Waals surface area (Å²) in [6.45, 7) is 0.616. The van der Waals surface area contributed by atoms with Gasteiger partial charge in [-0.05, 0) is 60.2 Å². The number of likely N-dealkylation sites (tertiary alicyclic amines) is 1. The fourth-order valence-corrected chi connectivity index (χ4v) is 4.56. The van der Waals surface area contributed by atoms with Crippen molar-refractivity contribution in [1.82, 2.24) is 4.90 Å². The first kappa shape index (κ1) is 22.3. The van der Waals surface area contributed by atoms with Crippen molar-refractivity contribution in [3.63, 3.8) is 0 Å². The lowest BCUT2D eigenvalue weighted by atomic mass is 9.90. The molecule has 166 valence electrons. The van der Waals surface area contributed by atoms with Gasteiger partial charge in [-0.25, -0.2) is 0 Å². The van der Waals surface area contributed by atoms with Crippen LogP contribution in [0.5, 0.6) is 0 Å². The van der Waals surface area contributed by atoms with E-state index in [0.29, 0.717) is 24.1 Å². The molecule has 0 aliphatic carbocycles. The molecular formula is C28H26N2O3. The summed E-state index contributed by atoms with van der Waals surface area (Å²) < 4.78 is 5.11. The summed E-state index contributed by atoms with van der Waals surface area (Å²) in [4.78, 5) is 27.9. The van der Waals surface area contributed by atoms with Gasteiger partial charge in [0.1, 0.15) is 0 Å². The van der Waals surface area contributed by atoms with Crippen LogP contribution in [0.15, 0.2) is 78.9 Å². The number of hydrogen-bond donors (Lipinski definition) is 0. The molecule has 0 aromatic heterocycles. The zero-order valence-corrected chi connectivity index (χ0v) is 18.6. The third-order valence-electron chi connectivity index (χ3n) is 6.31. The van der Waals surface area contributed by atoms with Crippen LogP contribution in [0.2, 0.25) is 0 Å². The van der Waals surface area contributed by atoms with Gasteiger partial charge in [-0.2, -0.15) is 5.26 Å². The Labute approximate surface area is 194 Å². The molecule has 0 saturated carbocycles. The predicted octanol–water partition coefficient (Wildman–Crippen LogP) is 4.86. The van der Waals surface area contributed by atoms with Crippen molar-refractivity contribution >= 4 is 11.9 Å². The van der Waals surface area contributed by atoms with Crippen LogP contribution in [0.3, 0.4) is 0 Å². The quantitative estimate of drug-likeness (QED) is 0.515. The van der Waals surface area contributed by atoms with Gasteiger partial charge in [-0.1, -0.05) is 54.6 Å². The van der Waals surface area contributed by atoms with E-state index in [1.807, 2.05) is 71.6 Å². The number of rotatable bonds is 6. The highest BCUT2D eigenvalue weighted by Crippen LogP contribution is 2.30. The second-order valence-corrected chi connectivity index (χ2v) is 8.29. The fourth-order valence-electron chi connectivity index (χ4n) is 4.56. The SMILES string of the molecule is COC(=O)C(Cc1ccc(C#N)cc1)C1CCCN1C(=O)c1ccc(-c2ccccc2)cc1. The Hall–Kier alpha value is -3.91. The van der Waals surface area contributed by atoms with Gasteiger partial charge in [0, 0.05) is 18.2 Å². The lowest BCUT2D eigenvalue weighted by Crippen LogP contribution is -2.44. The molecule has 0 N–H and O–H groups in total. The van der Waals surface area contributed by atoms with E-state index in [9.17, 15) is 9.59 Å². The lowest BCUT2D eigenvalue weighted by molar-refractivity contribution is -0.147. The monoisotopic (exact) mass is 438 g/mol. The smallest absolute Gasteiger partial charge is 0.311 e. The zero-order valence-electron chi connectivity index (χ0n) is 18.6. The van der Waals surface area contributed by atoms with Crippen molar-refractivity contribution in [3.05, 3.63) is 95.6 Å². The average Bonchev–Trinajstić information content (AvgIpc) is 3.37. The summed E-state index contributed by atoms with van der Waals surface area (Å²) in [7, 11) is 1.39. The minimum absolute atomic E-state index is 0.0640.